The Bertz CT molecular complexity index is 786. The molecular weight excluding hydrogens is 346 g/mol. The van der Waals surface area contributed by atoms with Crippen LogP contribution in [0.15, 0.2) is 36.4 Å². The van der Waals surface area contributed by atoms with E-state index in [1.807, 2.05) is 13.0 Å². The van der Waals surface area contributed by atoms with Crippen LogP contribution in [0.3, 0.4) is 0 Å². The van der Waals surface area contributed by atoms with E-state index in [0.29, 0.717) is 6.10 Å². The second-order valence-electron chi connectivity index (χ2n) is 9.35. The van der Waals surface area contributed by atoms with Crippen molar-refractivity contribution < 1.29 is 9.84 Å². The molecule has 3 heteroatoms. The highest BCUT2D eigenvalue weighted by atomic mass is 16.5. The lowest BCUT2D eigenvalue weighted by Crippen LogP contribution is -2.36. The summed E-state index contributed by atoms with van der Waals surface area (Å²) in [6, 6.07) is 12.5. The van der Waals surface area contributed by atoms with Crippen LogP contribution in [0.5, 0.6) is 5.75 Å². The fourth-order valence-electron chi connectivity index (χ4n) is 5.22. The Labute approximate surface area is 169 Å². The van der Waals surface area contributed by atoms with Crippen LogP contribution in [-0.4, -0.2) is 17.8 Å². The second kappa shape index (κ2) is 8.42. The predicted molar refractivity (Wildman–Crippen MR) is 116 cm³/mol. The highest BCUT2D eigenvalue weighted by Gasteiger charge is 2.29. The van der Waals surface area contributed by atoms with Crippen LogP contribution in [0.4, 0.5) is 0 Å². The summed E-state index contributed by atoms with van der Waals surface area (Å²) in [5.74, 6) is 2.89. The molecule has 2 aromatic carbocycles. The molecule has 28 heavy (non-hydrogen) atoms. The number of fused-ring (bicyclic) bond motifs is 1. The largest absolute Gasteiger partial charge is 0.490 e. The van der Waals surface area contributed by atoms with Gasteiger partial charge in [0.25, 0.3) is 0 Å². The van der Waals surface area contributed by atoms with Gasteiger partial charge in [-0.15, -0.1) is 0 Å². The van der Waals surface area contributed by atoms with E-state index in [4.69, 9.17) is 10.5 Å². The van der Waals surface area contributed by atoms with Crippen molar-refractivity contribution in [2.45, 2.75) is 76.4 Å². The molecule has 3 N–H and O–H groups in total. The molecule has 0 amide bonds. The SMILES string of the molecule is C[C@](N)(CO)c1ccc2cc(OC3CCC(C4CCCCC4)CC3)ccc2c1. The Morgan fingerprint density at radius 1 is 0.893 bits per heavy atom. The minimum absolute atomic E-state index is 0.0662. The van der Waals surface area contributed by atoms with Crippen molar-refractivity contribution in [1.82, 2.24) is 0 Å². The molecule has 0 bridgehead atoms. The molecule has 2 aliphatic carbocycles. The molecule has 152 valence electrons. The monoisotopic (exact) mass is 381 g/mol. The van der Waals surface area contributed by atoms with Gasteiger partial charge in [-0.1, -0.05) is 50.3 Å². The van der Waals surface area contributed by atoms with Crippen LogP contribution in [0.2, 0.25) is 0 Å². The Hall–Kier alpha value is -1.58. The third kappa shape index (κ3) is 4.36. The van der Waals surface area contributed by atoms with Crippen molar-refractivity contribution in [2.24, 2.45) is 17.6 Å². The van der Waals surface area contributed by atoms with Crippen molar-refractivity contribution in [1.29, 1.82) is 0 Å². The van der Waals surface area contributed by atoms with Gasteiger partial charge < -0.3 is 15.6 Å². The van der Waals surface area contributed by atoms with Crippen molar-refractivity contribution in [2.75, 3.05) is 6.61 Å². The van der Waals surface area contributed by atoms with Crippen molar-refractivity contribution in [3.05, 3.63) is 42.0 Å². The number of hydrogen-bond acceptors (Lipinski definition) is 3. The third-order valence-corrected chi connectivity index (χ3v) is 7.14. The first-order chi connectivity index (χ1) is 13.5. The smallest absolute Gasteiger partial charge is 0.120 e. The van der Waals surface area contributed by atoms with Crippen LogP contribution in [0, 0.1) is 11.8 Å². The van der Waals surface area contributed by atoms with E-state index in [2.05, 4.69) is 30.3 Å². The average Bonchev–Trinajstić information content (AvgIpc) is 2.74. The van der Waals surface area contributed by atoms with Gasteiger partial charge in [0.15, 0.2) is 0 Å². The summed E-state index contributed by atoms with van der Waals surface area (Å²) < 4.78 is 6.35. The topological polar surface area (TPSA) is 55.5 Å². The van der Waals surface area contributed by atoms with Crippen LogP contribution >= 0.6 is 0 Å². The second-order valence-corrected chi connectivity index (χ2v) is 9.35. The summed E-state index contributed by atoms with van der Waals surface area (Å²) in [5, 5.41) is 11.8. The van der Waals surface area contributed by atoms with E-state index in [1.54, 1.807) is 0 Å². The minimum Gasteiger partial charge on any atom is -0.490 e. The lowest BCUT2D eigenvalue weighted by atomic mass is 9.73. The Morgan fingerprint density at radius 3 is 2.25 bits per heavy atom. The molecule has 2 fully saturated rings. The standard InChI is InChI=1S/C25H35NO2/c1-25(26,17-27)22-11-7-21-16-24(14-10-20(21)15-22)28-23-12-8-19(9-13-23)18-5-3-2-4-6-18/h7,10-11,14-16,18-19,23,27H,2-6,8-9,12-13,17,26H2,1H3/t19?,23?,25-/m0/s1. The van der Waals surface area contributed by atoms with E-state index in [-0.39, 0.29) is 6.61 Å². The maximum absolute atomic E-state index is 9.50. The van der Waals surface area contributed by atoms with Gasteiger partial charge >= 0.3 is 0 Å². The normalized spacial score (nSPS) is 26.1. The summed E-state index contributed by atoms with van der Waals surface area (Å²) in [5.41, 5.74) is 6.42. The Morgan fingerprint density at radius 2 is 1.54 bits per heavy atom. The fourth-order valence-corrected chi connectivity index (χ4v) is 5.22. The molecule has 0 unspecified atom stereocenters. The molecular formula is C25H35NO2. The van der Waals surface area contributed by atoms with E-state index in [0.717, 1.165) is 33.9 Å². The van der Waals surface area contributed by atoms with Gasteiger partial charge in [0.05, 0.1) is 18.2 Å². The lowest BCUT2D eigenvalue weighted by Gasteiger charge is -2.35. The summed E-state index contributed by atoms with van der Waals surface area (Å²) >= 11 is 0. The number of rotatable bonds is 5. The zero-order valence-corrected chi connectivity index (χ0v) is 17.2. The maximum atomic E-state index is 9.50. The van der Waals surface area contributed by atoms with Crippen molar-refractivity contribution in [3.8, 4) is 5.75 Å². The first kappa shape index (κ1) is 19.7. The molecule has 0 saturated heterocycles. The first-order valence-corrected chi connectivity index (χ1v) is 11.2. The summed E-state index contributed by atoms with van der Waals surface area (Å²) in [4.78, 5) is 0. The van der Waals surface area contributed by atoms with Gasteiger partial charge in [-0.05, 0) is 79.0 Å². The summed E-state index contributed by atoms with van der Waals surface area (Å²) in [6.45, 7) is 1.79. The van der Waals surface area contributed by atoms with Gasteiger partial charge in [-0.25, -0.2) is 0 Å². The van der Waals surface area contributed by atoms with Crippen LogP contribution in [0.25, 0.3) is 10.8 Å². The van der Waals surface area contributed by atoms with Gasteiger partial charge in [0.2, 0.25) is 0 Å². The zero-order valence-electron chi connectivity index (χ0n) is 17.2. The van der Waals surface area contributed by atoms with Gasteiger partial charge in [0, 0.05) is 0 Å². The quantitative estimate of drug-likeness (QED) is 0.716. The van der Waals surface area contributed by atoms with Gasteiger partial charge in [0.1, 0.15) is 5.75 Å². The zero-order chi connectivity index (χ0) is 19.6. The van der Waals surface area contributed by atoms with Crippen molar-refractivity contribution in [3.63, 3.8) is 0 Å². The highest BCUT2D eigenvalue weighted by molar-refractivity contribution is 5.84. The van der Waals surface area contributed by atoms with Crippen LogP contribution in [-0.2, 0) is 5.54 Å². The number of nitrogens with two attached hydrogens (primary N) is 1. The molecule has 0 radical (unpaired) electrons. The molecule has 2 aromatic rings. The Kier molecular flexibility index (Phi) is 5.93. The number of aliphatic hydroxyl groups excluding tert-OH is 1. The molecule has 0 aliphatic heterocycles. The predicted octanol–water partition coefficient (Wildman–Crippen LogP) is 5.52. The van der Waals surface area contributed by atoms with Crippen LogP contribution in [0.1, 0.15) is 70.3 Å². The highest BCUT2D eigenvalue weighted by Crippen LogP contribution is 2.39. The maximum Gasteiger partial charge on any atom is 0.120 e. The average molecular weight is 382 g/mol. The molecule has 0 aromatic heterocycles. The summed E-state index contributed by atoms with van der Waals surface area (Å²) in [6.07, 6.45) is 12.7. The lowest BCUT2D eigenvalue weighted by molar-refractivity contribution is 0.0992. The van der Waals surface area contributed by atoms with Gasteiger partial charge in [-0.2, -0.15) is 0 Å². The molecule has 3 nitrogen and oxygen atoms in total. The first-order valence-electron chi connectivity index (χ1n) is 11.2. The van der Waals surface area contributed by atoms with E-state index in [9.17, 15) is 5.11 Å². The number of ether oxygens (including phenoxy) is 1. The molecule has 2 aliphatic rings. The van der Waals surface area contributed by atoms with Crippen molar-refractivity contribution >= 4 is 10.8 Å². The Balaban J connectivity index is 1.38. The van der Waals surface area contributed by atoms with Crippen LogP contribution < -0.4 is 10.5 Å². The molecule has 0 spiro atoms. The molecule has 1 atom stereocenters. The molecule has 2 saturated carbocycles. The van der Waals surface area contributed by atoms with E-state index < -0.39 is 5.54 Å². The van der Waals surface area contributed by atoms with E-state index >= 15 is 0 Å². The van der Waals surface area contributed by atoms with E-state index in [1.165, 1.54) is 57.8 Å². The van der Waals surface area contributed by atoms with Gasteiger partial charge in [-0.3, -0.25) is 0 Å². The minimum atomic E-state index is -0.708. The fraction of sp³-hybridized carbons (Fsp3) is 0.600. The summed E-state index contributed by atoms with van der Waals surface area (Å²) in [7, 11) is 0. The number of hydrogen-bond donors (Lipinski definition) is 2. The third-order valence-electron chi connectivity index (χ3n) is 7.14. The number of aliphatic hydroxyl groups is 1. The molecule has 4 rings (SSSR count). The molecule has 0 heterocycles. The number of benzene rings is 2.